The van der Waals surface area contributed by atoms with Crippen molar-refractivity contribution in [2.75, 3.05) is 20.2 Å². The molecular weight excluding hydrogens is 328 g/mol. The zero-order chi connectivity index (χ0) is 18.7. The maximum absolute atomic E-state index is 12.8. The number of hydrogen-bond donors (Lipinski definition) is 1. The summed E-state index contributed by atoms with van der Waals surface area (Å²) < 4.78 is 5.79. The van der Waals surface area contributed by atoms with Crippen LogP contribution in [-0.2, 0) is 6.42 Å². The van der Waals surface area contributed by atoms with Gasteiger partial charge in [0.2, 0.25) is 0 Å². The number of amides is 1. The number of rotatable bonds is 6. The van der Waals surface area contributed by atoms with Crippen LogP contribution < -0.4 is 4.74 Å². The Morgan fingerprint density at radius 3 is 2.73 bits per heavy atom. The molecule has 0 fully saturated rings. The summed E-state index contributed by atoms with van der Waals surface area (Å²) in [6.45, 7) is 5.03. The normalized spacial score (nSPS) is 13.4. The van der Waals surface area contributed by atoms with Gasteiger partial charge < -0.3 is 14.6 Å². The molecule has 0 bridgehead atoms. The molecule has 2 aromatic rings. The first-order valence-electron chi connectivity index (χ1n) is 9.17. The van der Waals surface area contributed by atoms with E-state index >= 15 is 0 Å². The molecule has 0 radical (unpaired) electrons. The number of para-hydroxylation sites is 1. The minimum absolute atomic E-state index is 0.0689. The molecule has 1 aromatic carbocycles. The van der Waals surface area contributed by atoms with Crippen LogP contribution in [0.4, 0.5) is 0 Å². The summed E-state index contributed by atoms with van der Waals surface area (Å²) in [6, 6.07) is 7.91. The molecule has 0 spiro atoms. The minimum Gasteiger partial charge on any atom is -0.493 e. The molecule has 3 rings (SSSR count). The van der Waals surface area contributed by atoms with Crippen molar-refractivity contribution < 1.29 is 14.3 Å². The van der Waals surface area contributed by atoms with Gasteiger partial charge in [-0.15, -0.1) is 0 Å². The van der Waals surface area contributed by atoms with Gasteiger partial charge in [0, 0.05) is 31.3 Å². The summed E-state index contributed by atoms with van der Waals surface area (Å²) in [6.07, 6.45) is 3.01. The van der Waals surface area contributed by atoms with E-state index in [1.807, 2.05) is 38.1 Å². The fourth-order valence-electron chi connectivity index (χ4n) is 3.48. The van der Waals surface area contributed by atoms with Gasteiger partial charge in [-0.2, -0.15) is 0 Å². The maximum Gasteiger partial charge on any atom is 0.270 e. The highest BCUT2D eigenvalue weighted by Crippen LogP contribution is 2.27. The van der Waals surface area contributed by atoms with Gasteiger partial charge in [-0.3, -0.25) is 9.59 Å². The van der Waals surface area contributed by atoms with Crippen LogP contribution in [0.25, 0.3) is 0 Å². The van der Waals surface area contributed by atoms with E-state index in [4.69, 9.17) is 4.74 Å². The molecule has 1 aliphatic carbocycles. The fraction of sp³-hybridized carbons (Fsp3) is 0.429. The Balaban J connectivity index is 1.57. The number of H-pyrrole nitrogens is 1. The van der Waals surface area contributed by atoms with Crippen molar-refractivity contribution in [1.82, 2.24) is 9.88 Å². The van der Waals surface area contributed by atoms with Crippen LogP contribution in [0.15, 0.2) is 24.3 Å². The van der Waals surface area contributed by atoms with Crippen molar-refractivity contribution in [2.45, 2.75) is 39.5 Å². The molecule has 1 aromatic heterocycles. The third-order valence-electron chi connectivity index (χ3n) is 4.99. The van der Waals surface area contributed by atoms with Crippen LogP contribution in [0.5, 0.6) is 5.75 Å². The number of aromatic nitrogens is 1. The van der Waals surface area contributed by atoms with Crippen LogP contribution in [0.2, 0.25) is 0 Å². The summed E-state index contributed by atoms with van der Waals surface area (Å²) in [5.74, 6) is 0.960. The third-order valence-corrected chi connectivity index (χ3v) is 4.99. The second kappa shape index (κ2) is 7.77. The number of aromatic amines is 1. The number of nitrogens with zero attached hydrogens (tertiary/aromatic N) is 1. The molecule has 0 saturated carbocycles. The second-order valence-electron chi connectivity index (χ2n) is 6.95. The molecule has 5 heteroatoms. The SMILES string of the molecule is Cc1ccccc1OCCCN(C)C(=O)c1[nH]c2c(c1C)C(=O)CCC2. The molecule has 26 heavy (non-hydrogen) atoms. The minimum atomic E-state index is -0.0689. The number of ether oxygens (including phenoxy) is 1. The van der Waals surface area contributed by atoms with E-state index in [1.54, 1.807) is 11.9 Å². The number of benzene rings is 1. The lowest BCUT2D eigenvalue weighted by Crippen LogP contribution is -2.29. The van der Waals surface area contributed by atoms with E-state index in [-0.39, 0.29) is 11.7 Å². The van der Waals surface area contributed by atoms with Gasteiger partial charge in [0.05, 0.1) is 6.61 Å². The Morgan fingerprint density at radius 1 is 1.23 bits per heavy atom. The lowest BCUT2D eigenvalue weighted by atomic mass is 9.94. The van der Waals surface area contributed by atoms with Crippen molar-refractivity contribution in [1.29, 1.82) is 0 Å². The quantitative estimate of drug-likeness (QED) is 0.805. The van der Waals surface area contributed by atoms with E-state index in [0.29, 0.717) is 25.3 Å². The largest absolute Gasteiger partial charge is 0.493 e. The predicted octanol–water partition coefficient (Wildman–Crippen LogP) is 3.69. The average molecular weight is 354 g/mol. The van der Waals surface area contributed by atoms with E-state index in [9.17, 15) is 9.59 Å². The van der Waals surface area contributed by atoms with Crippen molar-refractivity contribution in [3.63, 3.8) is 0 Å². The molecule has 5 nitrogen and oxygen atoms in total. The van der Waals surface area contributed by atoms with Crippen molar-refractivity contribution in [2.24, 2.45) is 0 Å². The summed E-state index contributed by atoms with van der Waals surface area (Å²) >= 11 is 0. The average Bonchev–Trinajstić information content (AvgIpc) is 2.97. The van der Waals surface area contributed by atoms with Crippen LogP contribution in [0, 0.1) is 13.8 Å². The van der Waals surface area contributed by atoms with Crippen molar-refractivity contribution in [3.05, 3.63) is 52.3 Å². The molecule has 0 aliphatic heterocycles. The zero-order valence-electron chi connectivity index (χ0n) is 15.7. The molecular formula is C21H26N2O3. The first-order valence-corrected chi connectivity index (χ1v) is 9.17. The number of nitrogens with one attached hydrogen (secondary N) is 1. The smallest absolute Gasteiger partial charge is 0.270 e. The summed E-state index contributed by atoms with van der Waals surface area (Å²) in [5.41, 5.74) is 4.09. The van der Waals surface area contributed by atoms with Crippen LogP contribution in [0.1, 0.15) is 56.9 Å². The summed E-state index contributed by atoms with van der Waals surface area (Å²) in [7, 11) is 1.79. The molecule has 1 amide bonds. The first kappa shape index (κ1) is 18.2. The van der Waals surface area contributed by atoms with E-state index in [1.165, 1.54) is 0 Å². The molecule has 1 heterocycles. The van der Waals surface area contributed by atoms with E-state index < -0.39 is 0 Å². The summed E-state index contributed by atoms with van der Waals surface area (Å²) in [4.78, 5) is 29.8. The van der Waals surface area contributed by atoms with Crippen LogP contribution >= 0.6 is 0 Å². The Bertz CT molecular complexity index is 823. The topological polar surface area (TPSA) is 62.4 Å². The van der Waals surface area contributed by atoms with Crippen molar-refractivity contribution in [3.8, 4) is 5.75 Å². The molecule has 1 aliphatic rings. The van der Waals surface area contributed by atoms with Gasteiger partial charge in [0.15, 0.2) is 5.78 Å². The predicted molar refractivity (Wildman–Crippen MR) is 101 cm³/mol. The Morgan fingerprint density at radius 2 is 2.00 bits per heavy atom. The third kappa shape index (κ3) is 3.66. The van der Waals surface area contributed by atoms with Gasteiger partial charge in [-0.05, 0) is 50.3 Å². The molecule has 0 saturated heterocycles. The Hall–Kier alpha value is -2.56. The van der Waals surface area contributed by atoms with Gasteiger partial charge >= 0.3 is 0 Å². The molecule has 0 unspecified atom stereocenters. The first-order chi connectivity index (χ1) is 12.5. The van der Waals surface area contributed by atoms with Crippen LogP contribution in [-0.4, -0.2) is 41.8 Å². The van der Waals surface area contributed by atoms with Gasteiger partial charge in [0.1, 0.15) is 11.4 Å². The number of ketones is 1. The van der Waals surface area contributed by atoms with Gasteiger partial charge in [-0.25, -0.2) is 0 Å². The molecule has 138 valence electrons. The number of carbonyl (C=O) groups excluding carboxylic acids is 2. The zero-order valence-corrected chi connectivity index (χ0v) is 15.7. The number of aryl methyl sites for hydroxylation is 2. The Labute approximate surface area is 154 Å². The number of carbonyl (C=O) groups is 2. The number of hydrogen-bond acceptors (Lipinski definition) is 3. The van der Waals surface area contributed by atoms with Gasteiger partial charge in [-0.1, -0.05) is 18.2 Å². The van der Waals surface area contributed by atoms with E-state index in [0.717, 1.165) is 47.4 Å². The molecule has 1 N–H and O–H groups in total. The van der Waals surface area contributed by atoms with Crippen molar-refractivity contribution >= 4 is 11.7 Å². The van der Waals surface area contributed by atoms with Crippen LogP contribution in [0.3, 0.4) is 0 Å². The molecule has 0 atom stereocenters. The second-order valence-corrected chi connectivity index (χ2v) is 6.95. The lowest BCUT2D eigenvalue weighted by Gasteiger charge is -2.17. The Kier molecular flexibility index (Phi) is 5.45. The monoisotopic (exact) mass is 354 g/mol. The van der Waals surface area contributed by atoms with Gasteiger partial charge in [0.25, 0.3) is 5.91 Å². The lowest BCUT2D eigenvalue weighted by molar-refractivity contribution is 0.0781. The fourth-order valence-corrected chi connectivity index (χ4v) is 3.48. The standard InChI is InChI=1S/C21H26N2O3/c1-14-8-4-5-11-18(14)26-13-7-12-23(3)21(25)20-15(2)19-16(22-20)9-6-10-17(19)24/h4-5,8,11,22H,6-7,9-10,12-13H2,1-3H3. The highest BCUT2D eigenvalue weighted by molar-refractivity contribution is 6.04. The highest BCUT2D eigenvalue weighted by Gasteiger charge is 2.27. The maximum atomic E-state index is 12.8. The van der Waals surface area contributed by atoms with E-state index in [2.05, 4.69) is 4.98 Å². The number of fused-ring (bicyclic) bond motifs is 1. The number of Topliss-reactive ketones (excluding diaryl/α,β-unsaturated/α-hetero) is 1. The summed E-state index contributed by atoms with van der Waals surface area (Å²) in [5, 5.41) is 0. The highest BCUT2D eigenvalue weighted by atomic mass is 16.5.